The van der Waals surface area contributed by atoms with Crippen LogP contribution in [-0.4, -0.2) is 34.8 Å². The SMILES string of the molecule is Cc1cc(C(C)NC(=O)CCN2C(=O)NC3(CCCCC3)C2=O)c(C)o1. The second-order valence-corrected chi connectivity index (χ2v) is 7.44. The van der Waals surface area contributed by atoms with E-state index in [1.807, 2.05) is 26.8 Å². The summed E-state index contributed by atoms with van der Waals surface area (Å²) >= 11 is 0. The van der Waals surface area contributed by atoms with Crippen molar-refractivity contribution in [3.63, 3.8) is 0 Å². The lowest BCUT2D eigenvalue weighted by Crippen LogP contribution is -2.48. The van der Waals surface area contributed by atoms with Gasteiger partial charge in [0.1, 0.15) is 17.1 Å². The first-order valence-electron chi connectivity index (χ1n) is 9.33. The van der Waals surface area contributed by atoms with Gasteiger partial charge in [0.25, 0.3) is 5.91 Å². The molecule has 2 heterocycles. The topological polar surface area (TPSA) is 91.7 Å². The van der Waals surface area contributed by atoms with E-state index in [0.29, 0.717) is 12.8 Å². The van der Waals surface area contributed by atoms with Crippen LogP contribution in [0.2, 0.25) is 0 Å². The average Bonchev–Trinajstić information content (AvgIpc) is 3.03. The second-order valence-electron chi connectivity index (χ2n) is 7.44. The number of carbonyl (C=O) groups is 3. The standard InChI is InChI=1S/C19H27N3O4/c1-12-11-15(14(3)26-12)13(2)20-16(23)7-10-22-17(24)19(21-18(22)25)8-5-4-6-9-19/h11,13H,4-10H2,1-3H3,(H,20,23)(H,21,25). The summed E-state index contributed by atoms with van der Waals surface area (Å²) in [6, 6.07) is 1.34. The number of rotatable bonds is 5. The molecule has 1 spiro atoms. The smallest absolute Gasteiger partial charge is 0.325 e. The number of urea groups is 1. The number of amides is 4. The second kappa shape index (κ2) is 7.13. The van der Waals surface area contributed by atoms with Gasteiger partial charge in [-0.05, 0) is 39.7 Å². The molecule has 3 rings (SSSR count). The summed E-state index contributed by atoms with van der Waals surface area (Å²) in [5, 5.41) is 5.77. The summed E-state index contributed by atoms with van der Waals surface area (Å²) in [4.78, 5) is 38.4. The van der Waals surface area contributed by atoms with Gasteiger partial charge < -0.3 is 15.1 Å². The molecular formula is C19H27N3O4. The van der Waals surface area contributed by atoms with E-state index in [9.17, 15) is 14.4 Å². The third kappa shape index (κ3) is 3.48. The normalized spacial score (nSPS) is 20.3. The first-order chi connectivity index (χ1) is 12.3. The molecule has 1 saturated carbocycles. The van der Waals surface area contributed by atoms with Gasteiger partial charge in [-0.2, -0.15) is 0 Å². The van der Waals surface area contributed by atoms with Gasteiger partial charge in [-0.25, -0.2) is 4.79 Å². The molecule has 0 bridgehead atoms. The molecular weight excluding hydrogens is 334 g/mol. The van der Waals surface area contributed by atoms with Crippen LogP contribution in [0.25, 0.3) is 0 Å². The van der Waals surface area contributed by atoms with E-state index in [1.165, 1.54) is 4.90 Å². The zero-order valence-corrected chi connectivity index (χ0v) is 15.7. The van der Waals surface area contributed by atoms with Crippen molar-refractivity contribution in [2.75, 3.05) is 6.54 Å². The summed E-state index contributed by atoms with van der Waals surface area (Å²) in [6.07, 6.45) is 4.46. The van der Waals surface area contributed by atoms with Crippen LogP contribution in [0.15, 0.2) is 10.5 Å². The van der Waals surface area contributed by atoms with Crippen LogP contribution in [0.3, 0.4) is 0 Å². The Labute approximate surface area is 153 Å². The van der Waals surface area contributed by atoms with Gasteiger partial charge in [0.05, 0.1) is 6.04 Å². The van der Waals surface area contributed by atoms with E-state index in [0.717, 1.165) is 36.3 Å². The summed E-state index contributed by atoms with van der Waals surface area (Å²) < 4.78 is 5.49. The van der Waals surface area contributed by atoms with Gasteiger partial charge in [0, 0.05) is 18.5 Å². The first-order valence-corrected chi connectivity index (χ1v) is 9.33. The molecule has 1 aromatic rings. The maximum Gasteiger partial charge on any atom is 0.325 e. The van der Waals surface area contributed by atoms with Crippen LogP contribution >= 0.6 is 0 Å². The van der Waals surface area contributed by atoms with Gasteiger partial charge in [0.15, 0.2) is 0 Å². The van der Waals surface area contributed by atoms with Crippen molar-refractivity contribution < 1.29 is 18.8 Å². The Morgan fingerprint density at radius 2 is 2.00 bits per heavy atom. The summed E-state index contributed by atoms with van der Waals surface area (Å²) in [5.74, 6) is 1.21. The van der Waals surface area contributed by atoms with Crippen LogP contribution in [0, 0.1) is 13.8 Å². The minimum Gasteiger partial charge on any atom is -0.466 e. The van der Waals surface area contributed by atoms with E-state index in [-0.39, 0.29) is 36.9 Å². The van der Waals surface area contributed by atoms with Gasteiger partial charge in [-0.15, -0.1) is 0 Å². The zero-order valence-electron chi connectivity index (χ0n) is 15.7. The maximum absolute atomic E-state index is 12.7. The Morgan fingerprint density at radius 1 is 1.31 bits per heavy atom. The highest BCUT2D eigenvalue weighted by molar-refractivity contribution is 6.07. The monoisotopic (exact) mass is 361 g/mol. The van der Waals surface area contributed by atoms with Gasteiger partial charge in [-0.3, -0.25) is 14.5 Å². The fourth-order valence-corrected chi connectivity index (χ4v) is 4.06. The van der Waals surface area contributed by atoms with Crippen molar-refractivity contribution >= 4 is 17.8 Å². The molecule has 2 fully saturated rings. The lowest BCUT2D eigenvalue weighted by molar-refractivity contribution is -0.132. The molecule has 2 aliphatic rings. The highest BCUT2D eigenvalue weighted by Gasteiger charge is 2.51. The minimum atomic E-state index is -0.732. The van der Waals surface area contributed by atoms with Crippen LogP contribution in [0.5, 0.6) is 0 Å². The predicted molar refractivity (Wildman–Crippen MR) is 95.4 cm³/mol. The van der Waals surface area contributed by atoms with E-state index >= 15 is 0 Å². The molecule has 0 radical (unpaired) electrons. The molecule has 1 aliphatic heterocycles. The van der Waals surface area contributed by atoms with Crippen LogP contribution in [0.1, 0.15) is 68.6 Å². The molecule has 1 aromatic heterocycles. The quantitative estimate of drug-likeness (QED) is 0.789. The molecule has 1 atom stereocenters. The maximum atomic E-state index is 12.7. The molecule has 142 valence electrons. The molecule has 7 heteroatoms. The summed E-state index contributed by atoms with van der Waals surface area (Å²) in [5.41, 5.74) is 0.205. The Balaban J connectivity index is 1.55. The fourth-order valence-electron chi connectivity index (χ4n) is 4.06. The van der Waals surface area contributed by atoms with Crippen molar-refractivity contribution in [3.8, 4) is 0 Å². The van der Waals surface area contributed by atoms with E-state index < -0.39 is 5.54 Å². The van der Waals surface area contributed by atoms with Crippen molar-refractivity contribution in [2.24, 2.45) is 0 Å². The minimum absolute atomic E-state index is 0.0927. The number of aryl methyl sites for hydroxylation is 2. The number of nitrogens with zero attached hydrogens (tertiary/aromatic N) is 1. The van der Waals surface area contributed by atoms with Crippen molar-refractivity contribution in [1.29, 1.82) is 0 Å². The van der Waals surface area contributed by atoms with E-state index in [2.05, 4.69) is 10.6 Å². The number of furan rings is 1. The lowest BCUT2D eigenvalue weighted by atomic mass is 9.82. The fraction of sp³-hybridized carbons (Fsp3) is 0.632. The number of hydrogen-bond acceptors (Lipinski definition) is 4. The van der Waals surface area contributed by atoms with Crippen molar-refractivity contribution in [3.05, 3.63) is 23.2 Å². The lowest BCUT2D eigenvalue weighted by Gasteiger charge is -2.30. The van der Waals surface area contributed by atoms with Crippen molar-refractivity contribution in [2.45, 2.75) is 70.9 Å². The molecule has 7 nitrogen and oxygen atoms in total. The Kier molecular flexibility index (Phi) is 5.07. The molecule has 2 N–H and O–H groups in total. The molecule has 0 aromatic carbocycles. The number of nitrogens with one attached hydrogen (secondary N) is 2. The van der Waals surface area contributed by atoms with Crippen LogP contribution in [-0.2, 0) is 9.59 Å². The molecule has 4 amide bonds. The van der Waals surface area contributed by atoms with Gasteiger partial charge >= 0.3 is 6.03 Å². The molecule has 1 unspecified atom stereocenters. The molecule has 1 saturated heterocycles. The Hall–Kier alpha value is -2.31. The van der Waals surface area contributed by atoms with E-state index in [4.69, 9.17) is 4.42 Å². The Morgan fingerprint density at radius 3 is 2.62 bits per heavy atom. The van der Waals surface area contributed by atoms with Gasteiger partial charge in [-0.1, -0.05) is 19.3 Å². The van der Waals surface area contributed by atoms with Crippen LogP contribution in [0.4, 0.5) is 4.79 Å². The highest BCUT2D eigenvalue weighted by Crippen LogP contribution is 2.33. The molecule has 1 aliphatic carbocycles. The van der Waals surface area contributed by atoms with Gasteiger partial charge in [0.2, 0.25) is 5.91 Å². The third-order valence-electron chi connectivity index (χ3n) is 5.44. The first kappa shape index (κ1) is 18.5. The largest absolute Gasteiger partial charge is 0.466 e. The predicted octanol–water partition coefficient (Wildman–Crippen LogP) is 2.72. The average molecular weight is 361 g/mol. The number of carbonyl (C=O) groups excluding carboxylic acids is 3. The molecule has 26 heavy (non-hydrogen) atoms. The Bertz CT molecular complexity index is 718. The van der Waals surface area contributed by atoms with E-state index in [1.54, 1.807) is 0 Å². The van der Waals surface area contributed by atoms with Crippen LogP contribution < -0.4 is 10.6 Å². The number of imide groups is 1. The van der Waals surface area contributed by atoms with Crippen molar-refractivity contribution in [1.82, 2.24) is 15.5 Å². The summed E-state index contributed by atoms with van der Waals surface area (Å²) in [6.45, 7) is 5.72. The highest BCUT2D eigenvalue weighted by atomic mass is 16.3. The summed E-state index contributed by atoms with van der Waals surface area (Å²) in [7, 11) is 0. The zero-order chi connectivity index (χ0) is 18.9. The number of hydrogen-bond donors (Lipinski definition) is 2. The third-order valence-corrected chi connectivity index (χ3v) is 5.44.